The van der Waals surface area contributed by atoms with Crippen molar-refractivity contribution in [1.29, 1.82) is 0 Å². The Morgan fingerprint density at radius 1 is 1.07 bits per heavy atom. The van der Waals surface area contributed by atoms with E-state index in [-0.39, 0.29) is 16.3 Å². The van der Waals surface area contributed by atoms with Gasteiger partial charge in [0.05, 0.1) is 10.6 Å². The van der Waals surface area contributed by atoms with Crippen LogP contribution in [0.25, 0.3) is 0 Å². The minimum atomic E-state index is -0.473. The topological polar surface area (TPSA) is 90.8 Å². The van der Waals surface area contributed by atoms with Crippen LogP contribution in [0.3, 0.4) is 0 Å². The summed E-state index contributed by atoms with van der Waals surface area (Å²) in [6.07, 6.45) is 0.760. The Morgan fingerprint density at radius 3 is 2.48 bits per heavy atom. The molecule has 1 heterocycles. The summed E-state index contributed by atoms with van der Waals surface area (Å²) in [7, 11) is 0. The molecule has 2 aromatic carbocycles. The van der Waals surface area contributed by atoms with E-state index in [0.717, 1.165) is 26.1 Å². The minimum absolute atomic E-state index is 0.131. The molecule has 1 aliphatic rings. The maximum absolute atomic E-state index is 13.5. The van der Waals surface area contributed by atoms with Gasteiger partial charge in [-0.15, -0.1) is 0 Å². The molecule has 154 valence electrons. The molecule has 1 fully saturated rings. The second-order valence-corrected chi connectivity index (χ2v) is 6.79. The average Bonchev–Trinajstić information content (AvgIpc) is 2.73. The fourth-order valence-corrected chi connectivity index (χ4v) is 3.33. The fourth-order valence-electron chi connectivity index (χ4n) is 3.33. The molecular formula is C20H24FN5O3. The maximum atomic E-state index is 13.5. The van der Waals surface area contributed by atoms with Crippen LogP contribution in [0.1, 0.15) is 6.42 Å². The molecule has 0 aromatic heterocycles. The van der Waals surface area contributed by atoms with Crippen LogP contribution in [0.4, 0.5) is 26.2 Å². The SMILES string of the molecule is O=C(NCCCN1CCN(c2ccccc2[N+](=O)[O-])CC1)Nc1ccccc1F. The summed E-state index contributed by atoms with van der Waals surface area (Å²) in [5, 5.41) is 16.4. The molecule has 8 nitrogen and oxygen atoms in total. The van der Waals surface area contributed by atoms with Crippen molar-refractivity contribution >= 4 is 23.1 Å². The predicted octanol–water partition coefficient (Wildman–Crippen LogP) is 3.07. The monoisotopic (exact) mass is 401 g/mol. The Bertz CT molecular complexity index is 856. The normalized spacial score (nSPS) is 14.4. The molecule has 2 N–H and O–H groups in total. The highest BCUT2D eigenvalue weighted by molar-refractivity contribution is 5.89. The lowest BCUT2D eigenvalue weighted by Gasteiger charge is -2.35. The summed E-state index contributed by atoms with van der Waals surface area (Å²) in [4.78, 5) is 27.0. The molecule has 2 amide bonds. The van der Waals surface area contributed by atoms with Crippen molar-refractivity contribution in [3.63, 3.8) is 0 Å². The molecule has 0 aliphatic carbocycles. The van der Waals surface area contributed by atoms with Gasteiger partial charge in [-0.3, -0.25) is 15.0 Å². The molecule has 0 radical (unpaired) electrons. The number of para-hydroxylation sites is 3. The van der Waals surface area contributed by atoms with E-state index in [0.29, 0.717) is 25.3 Å². The van der Waals surface area contributed by atoms with Gasteiger partial charge in [0.2, 0.25) is 0 Å². The number of nitro benzene ring substituents is 1. The van der Waals surface area contributed by atoms with Crippen LogP contribution >= 0.6 is 0 Å². The van der Waals surface area contributed by atoms with Gasteiger partial charge in [0.15, 0.2) is 0 Å². The largest absolute Gasteiger partial charge is 0.363 e. The molecule has 0 spiro atoms. The van der Waals surface area contributed by atoms with E-state index < -0.39 is 11.8 Å². The smallest absolute Gasteiger partial charge is 0.319 e. The van der Waals surface area contributed by atoms with Crippen molar-refractivity contribution in [2.45, 2.75) is 6.42 Å². The summed E-state index contributed by atoms with van der Waals surface area (Å²) in [5.74, 6) is -0.473. The minimum Gasteiger partial charge on any atom is -0.363 e. The molecular weight excluding hydrogens is 377 g/mol. The number of rotatable bonds is 7. The van der Waals surface area contributed by atoms with Crippen LogP contribution in [-0.2, 0) is 0 Å². The number of carbonyl (C=O) groups excluding carboxylic acids is 1. The summed E-state index contributed by atoms with van der Waals surface area (Å²) in [6, 6.07) is 12.4. The van der Waals surface area contributed by atoms with Crippen LogP contribution in [0.2, 0.25) is 0 Å². The first-order valence-electron chi connectivity index (χ1n) is 9.54. The van der Waals surface area contributed by atoms with E-state index in [1.807, 2.05) is 11.0 Å². The lowest BCUT2D eigenvalue weighted by atomic mass is 10.2. The van der Waals surface area contributed by atoms with E-state index in [2.05, 4.69) is 15.5 Å². The number of anilines is 2. The molecule has 1 saturated heterocycles. The van der Waals surface area contributed by atoms with Gasteiger partial charge in [-0.05, 0) is 31.2 Å². The fraction of sp³-hybridized carbons (Fsp3) is 0.350. The zero-order valence-electron chi connectivity index (χ0n) is 16.0. The van der Waals surface area contributed by atoms with Crippen molar-refractivity contribution in [2.24, 2.45) is 0 Å². The number of benzene rings is 2. The lowest BCUT2D eigenvalue weighted by Crippen LogP contribution is -2.47. The highest BCUT2D eigenvalue weighted by Gasteiger charge is 2.22. The third kappa shape index (κ3) is 5.64. The number of piperazine rings is 1. The van der Waals surface area contributed by atoms with Gasteiger partial charge in [0.1, 0.15) is 11.5 Å². The summed E-state index contributed by atoms with van der Waals surface area (Å²) < 4.78 is 13.5. The highest BCUT2D eigenvalue weighted by Crippen LogP contribution is 2.28. The van der Waals surface area contributed by atoms with Crippen LogP contribution < -0.4 is 15.5 Å². The highest BCUT2D eigenvalue weighted by atomic mass is 19.1. The molecule has 1 aliphatic heterocycles. The lowest BCUT2D eigenvalue weighted by molar-refractivity contribution is -0.384. The van der Waals surface area contributed by atoms with Crippen LogP contribution in [0.5, 0.6) is 0 Å². The number of nitrogens with one attached hydrogen (secondary N) is 2. The molecule has 0 saturated carbocycles. The maximum Gasteiger partial charge on any atom is 0.319 e. The number of nitro groups is 1. The number of urea groups is 1. The first-order chi connectivity index (χ1) is 14.0. The predicted molar refractivity (Wildman–Crippen MR) is 110 cm³/mol. The summed E-state index contributed by atoms with van der Waals surface area (Å²) >= 11 is 0. The van der Waals surface area contributed by atoms with E-state index in [1.54, 1.807) is 24.3 Å². The van der Waals surface area contributed by atoms with Crippen molar-refractivity contribution in [2.75, 3.05) is 49.5 Å². The van der Waals surface area contributed by atoms with E-state index in [1.165, 1.54) is 18.2 Å². The van der Waals surface area contributed by atoms with Gasteiger partial charge in [0.25, 0.3) is 5.69 Å². The molecule has 0 atom stereocenters. The molecule has 3 rings (SSSR count). The van der Waals surface area contributed by atoms with E-state index in [9.17, 15) is 19.3 Å². The standard InChI is InChI=1S/C20H24FN5O3/c21-16-6-1-2-7-17(16)23-20(27)22-10-5-11-24-12-14-25(15-13-24)18-8-3-4-9-19(18)26(28)29/h1-4,6-9H,5,10-15H2,(H2,22,23,27). The average molecular weight is 401 g/mol. The summed E-state index contributed by atoms with van der Waals surface area (Å²) in [6.45, 7) is 4.31. The third-order valence-electron chi connectivity index (χ3n) is 4.85. The van der Waals surface area contributed by atoms with Gasteiger partial charge < -0.3 is 15.5 Å². The van der Waals surface area contributed by atoms with Gasteiger partial charge in [-0.25, -0.2) is 9.18 Å². The third-order valence-corrected chi connectivity index (χ3v) is 4.85. The van der Waals surface area contributed by atoms with Gasteiger partial charge in [-0.1, -0.05) is 24.3 Å². The molecule has 29 heavy (non-hydrogen) atoms. The Hall–Kier alpha value is -3.20. The number of amides is 2. The quantitative estimate of drug-likeness (QED) is 0.423. The second-order valence-electron chi connectivity index (χ2n) is 6.79. The first-order valence-corrected chi connectivity index (χ1v) is 9.54. The van der Waals surface area contributed by atoms with Crippen LogP contribution in [0.15, 0.2) is 48.5 Å². The van der Waals surface area contributed by atoms with E-state index >= 15 is 0 Å². The number of carbonyl (C=O) groups is 1. The van der Waals surface area contributed by atoms with Crippen molar-refractivity contribution < 1.29 is 14.1 Å². The van der Waals surface area contributed by atoms with Crippen molar-refractivity contribution in [3.05, 3.63) is 64.5 Å². The Balaban J connectivity index is 1.37. The first kappa shape index (κ1) is 20.5. The Labute approximate surface area is 168 Å². The second kappa shape index (κ2) is 9.83. The zero-order valence-corrected chi connectivity index (χ0v) is 16.0. The van der Waals surface area contributed by atoms with Crippen molar-refractivity contribution in [3.8, 4) is 0 Å². The van der Waals surface area contributed by atoms with E-state index in [4.69, 9.17) is 0 Å². The van der Waals surface area contributed by atoms with Crippen LogP contribution in [-0.4, -0.2) is 55.1 Å². The van der Waals surface area contributed by atoms with Gasteiger partial charge in [-0.2, -0.15) is 0 Å². The Kier molecular flexibility index (Phi) is 6.96. The summed E-state index contributed by atoms with van der Waals surface area (Å²) in [5.41, 5.74) is 0.936. The molecule has 9 heteroatoms. The molecule has 0 bridgehead atoms. The van der Waals surface area contributed by atoms with Gasteiger partial charge in [0, 0.05) is 38.8 Å². The number of halogens is 1. The van der Waals surface area contributed by atoms with Gasteiger partial charge >= 0.3 is 6.03 Å². The number of hydrogen-bond donors (Lipinski definition) is 2. The van der Waals surface area contributed by atoms with Crippen LogP contribution in [0, 0.1) is 15.9 Å². The van der Waals surface area contributed by atoms with Crippen molar-refractivity contribution in [1.82, 2.24) is 10.2 Å². The number of nitrogens with zero attached hydrogens (tertiary/aromatic N) is 3. The molecule has 0 unspecified atom stereocenters. The zero-order chi connectivity index (χ0) is 20.6. The molecule has 2 aromatic rings. The number of hydrogen-bond acceptors (Lipinski definition) is 5. The Morgan fingerprint density at radius 2 is 1.76 bits per heavy atom.